The van der Waals surface area contributed by atoms with Crippen molar-refractivity contribution in [1.82, 2.24) is 15.1 Å². The zero-order chi connectivity index (χ0) is 13.5. The number of hydrogen-bond acceptors (Lipinski definition) is 4. The largest absolute Gasteiger partial charge is 0.481 e. The highest BCUT2D eigenvalue weighted by Crippen LogP contribution is 2.10. The Hall–Kier alpha value is -1.56. The van der Waals surface area contributed by atoms with Gasteiger partial charge < -0.3 is 15.8 Å². The summed E-state index contributed by atoms with van der Waals surface area (Å²) in [5, 5.41) is 7.02. The van der Waals surface area contributed by atoms with Crippen LogP contribution in [0.15, 0.2) is 6.07 Å². The molecule has 0 radical (unpaired) electrons. The molecular weight excluding hydrogens is 232 g/mol. The van der Waals surface area contributed by atoms with Gasteiger partial charge in [0.15, 0.2) is 0 Å². The lowest BCUT2D eigenvalue weighted by Gasteiger charge is -2.09. The molecule has 0 aromatic carbocycles. The Balaban J connectivity index is 2.37. The Labute approximate surface area is 107 Å². The maximum Gasteiger partial charge on any atom is 0.221 e. The van der Waals surface area contributed by atoms with Crippen molar-refractivity contribution >= 4 is 5.91 Å². The first kappa shape index (κ1) is 14.5. The molecule has 0 saturated carbocycles. The molecule has 6 heteroatoms. The lowest BCUT2D eigenvalue weighted by molar-refractivity contribution is -0.121. The summed E-state index contributed by atoms with van der Waals surface area (Å²) in [5.41, 5.74) is 6.57. The molecule has 1 aromatic heterocycles. The number of hydrogen-bond donors (Lipinski definition) is 2. The van der Waals surface area contributed by atoms with Gasteiger partial charge in [-0.15, -0.1) is 0 Å². The normalized spacial score (nSPS) is 12.2. The number of methoxy groups -OCH3 is 1. The van der Waals surface area contributed by atoms with E-state index < -0.39 is 0 Å². The molecule has 1 unspecified atom stereocenters. The minimum absolute atomic E-state index is 0.0411. The zero-order valence-electron chi connectivity index (χ0n) is 11.3. The van der Waals surface area contributed by atoms with Crippen molar-refractivity contribution in [3.8, 4) is 5.88 Å². The summed E-state index contributed by atoms with van der Waals surface area (Å²) in [7, 11) is 3.38. The lowest BCUT2D eigenvalue weighted by Crippen LogP contribution is -2.31. The Morgan fingerprint density at radius 2 is 2.39 bits per heavy atom. The van der Waals surface area contributed by atoms with E-state index in [0.29, 0.717) is 18.8 Å². The van der Waals surface area contributed by atoms with Gasteiger partial charge >= 0.3 is 0 Å². The van der Waals surface area contributed by atoms with Gasteiger partial charge in [0.05, 0.1) is 19.3 Å². The number of aromatic nitrogens is 2. The van der Waals surface area contributed by atoms with Gasteiger partial charge in [0, 0.05) is 25.6 Å². The number of rotatable bonds is 7. The van der Waals surface area contributed by atoms with Crippen LogP contribution in [0.5, 0.6) is 5.88 Å². The molecule has 1 atom stereocenters. The molecule has 1 amide bonds. The van der Waals surface area contributed by atoms with Crippen molar-refractivity contribution in [3.63, 3.8) is 0 Å². The molecule has 0 aliphatic rings. The lowest BCUT2D eigenvalue weighted by atomic mass is 10.1. The van der Waals surface area contributed by atoms with Crippen LogP contribution in [0.3, 0.4) is 0 Å². The molecule has 0 fully saturated rings. The fourth-order valence-electron chi connectivity index (χ4n) is 1.76. The van der Waals surface area contributed by atoms with Crippen LogP contribution in [0.2, 0.25) is 0 Å². The summed E-state index contributed by atoms with van der Waals surface area (Å²) in [4.78, 5) is 11.6. The number of carbonyl (C=O) groups excluding carboxylic acids is 1. The van der Waals surface area contributed by atoms with E-state index in [0.717, 1.165) is 18.5 Å². The number of nitrogens with zero attached hydrogens (tertiary/aromatic N) is 2. The summed E-state index contributed by atoms with van der Waals surface area (Å²) in [5.74, 6) is 0.627. The van der Waals surface area contributed by atoms with E-state index in [1.54, 1.807) is 24.9 Å². The van der Waals surface area contributed by atoms with Crippen LogP contribution >= 0.6 is 0 Å². The summed E-state index contributed by atoms with van der Waals surface area (Å²) >= 11 is 0. The van der Waals surface area contributed by atoms with Gasteiger partial charge in [-0.25, -0.2) is 4.68 Å². The van der Waals surface area contributed by atoms with Crippen molar-refractivity contribution in [2.75, 3.05) is 7.11 Å². The summed E-state index contributed by atoms with van der Waals surface area (Å²) in [6.45, 7) is 2.45. The van der Waals surface area contributed by atoms with Gasteiger partial charge in [-0.05, 0) is 6.42 Å². The number of carbonyl (C=O) groups is 1. The molecule has 0 bridgehead atoms. The second-order valence-corrected chi connectivity index (χ2v) is 4.33. The first-order valence-electron chi connectivity index (χ1n) is 6.16. The number of nitrogens with two attached hydrogens (primary N) is 1. The number of ether oxygens (including phenoxy) is 1. The molecule has 6 nitrogen and oxygen atoms in total. The molecule has 0 aliphatic heterocycles. The third-order valence-electron chi connectivity index (χ3n) is 2.67. The van der Waals surface area contributed by atoms with Gasteiger partial charge in [-0.3, -0.25) is 4.79 Å². The van der Waals surface area contributed by atoms with Crippen molar-refractivity contribution in [1.29, 1.82) is 0 Å². The highest BCUT2D eigenvalue weighted by molar-refractivity contribution is 5.76. The topological polar surface area (TPSA) is 82.2 Å². The molecule has 18 heavy (non-hydrogen) atoms. The van der Waals surface area contributed by atoms with E-state index >= 15 is 0 Å². The van der Waals surface area contributed by atoms with Crippen molar-refractivity contribution in [2.45, 2.75) is 38.8 Å². The monoisotopic (exact) mass is 254 g/mol. The Bertz CT molecular complexity index is 389. The SMILES string of the molecule is CCCC(N)CC(=O)NCc1cc(OC)n(C)n1. The third-order valence-corrected chi connectivity index (χ3v) is 2.67. The second kappa shape index (κ2) is 7.00. The van der Waals surface area contributed by atoms with Crippen LogP contribution in [0.1, 0.15) is 31.9 Å². The second-order valence-electron chi connectivity index (χ2n) is 4.33. The van der Waals surface area contributed by atoms with Crippen LogP contribution < -0.4 is 15.8 Å². The fraction of sp³-hybridized carbons (Fsp3) is 0.667. The molecule has 1 aromatic rings. The van der Waals surface area contributed by atoms with Crippen LogP contribution in [-0.2, 0) is 18.4 Å². The maximum atomic E-state index is 11.6. The average molecular weight is 254 g/mol. The Morgan fingerprint density at radius 3 is 2.94 bits per heavy atom. The maximum absolute atomic E-state index is 11.6. The molecular formula is C12H22N4O2. The van der Waals surface area contributed by atoms with Gasteiger partial charge in [-0.2, -0.15) is 5.10 Å². The predicted octanol–water partition coefficient (Wildman–Crippen LogP) is 0.562. The van der Waals surface area contributed by atoms with Crippen LogP contribution in [-0.4, -0.2) is 28.8 Å². The third kappa shape index (κ3) is 4.37. The molecule has 1 rings (SSSR count). The highest BCUT2D eigenvalue weighted by Gasteiger charge is 2.10. The van der Waals surface area contributed by atoms with Gasteiger partial charge in [0.2, 0.25) is 11.8 Å². The van der Waals surface area contributed by atoms with Gasteiger partial charge in [0.1, 0.15) is 0 Å². The fourth-order valence-corrected chi connectivity index (χ4v) is 1.76. The van der Waals surface area contributed by atoms with E-state index in [-0.39, 0.29) is 11.9 Å². The first-order chi connectivity index (χ1) is 8.56. The average Bonchev–Trinajstić information content (AvgIpc) is 2.67. The number of amides is 1. The van der Waals surface area contributed by atoms with Crippen molar-refractivity contribution < 1.29 is 9.53 Å². The zero-order valence-corrected chi connectivity index (χ0v) is 11.3. The minimum atomic E-state index is -0.0618. The molecule has 0 aliphatic carbocycles. The molecule has 102 valence electrons. The van der Waals surface area contributed by atoms with E-state index in [4.69, 9.17) is 10.5 Å². The van der Waals surface area contributed by atoms with Crippen molar-refractivity contribution in [3.05, 3.63) is 11.8 Å². The van der Waals surface area contributed by atoms with Crippen LogP contribution in [0.4, 0.5) is 0 Å². The number of nitrogens with one attached hydrogen (secondary N) is 1. The number of aryl methyl sites for hydroxylation is 1. The van der Waals surface area contributed by atoms with Gasteiger partial charge in [0.25, 0.3) is 0 Å². The smallest absolute Gasteiger partial charge is 0.221 e. The summed E-state index contributed by atoms with van der Waals surface area (Å²) in [6, 6.07) is 1.74. The van der Waals surface area contributed by atoms with Crippen LogP contribution in [0, 0.1) is 0 Å². The highest BCUT2D eigenvalue weighted by atomic mass is 16.5. The first-order valence-corrected chi connectivity index (χ1v) is 6.16. The quantitative estimate of drug-likeness (QED) is 0.745. The van der Waals surface area contributed by atoms with Crippen LogP contribution in [0.25, 0.3) is 0 Å². The molecule has 0 saturated heterocycles. The van der Waals surface area contributed by atoms with Crippen molar-refractivity contribution in [2.24, 2.45) is 12.8 Å². The Kier molecular flexibility index (Phi) is 5.64. The predicted molar refractivity (Wildman–Crippen MR) is 69.1 cm³/mol. The van der Waals surface area contributed by atoms with Gasteiger partial charge in [-0.1, -0.05) is 13.3 Å². The van der Waals surface area contributed by atoms with E-state index in [1.807, 2.05) is 0 Å². The van der Waals surface area contributed by atoms with E-state index in [9.17, 15) is 4.79 Å². The standard InChI is InChI=1S/C12H22N4O2/c1-4-5-9(13)6-11(17)14-8-10-7-12(18-3)16(2)15-10/h7,9H,4-6,8,13H2,1-3H3,(H,14,17). The van der Waals surface area contributed by atoms with E-state index in [2.05, 4.69) is 17.3 Å². The minimum Gasteiger partial charge on any atom is -0.481 e. The molecule has 0 spiro atoms. The van der Waals surface area contributed by atoms with E-state index in [1.165, 1.54) is 0 Å². The summed E-state index contributed by atoms with van der Waals surface area (Å²) in [6.07, 6.45) is 2.22. The molecule has 3 N–H and O–H groups in total. The molecule has 1 heterocycles. The Morgan fingerprint density at radius 1 is 1.67 bits per heavy atom. The summed E-state index contributed by atoms with van der Waals surface area (Å²) < 4.78 is 6.73.